The number of aryl methyl sites for hydroxylation is 1. The number of nitrogens with zero attached hydrogens (tertiary/aromatic N) is 1. The molecule has 0 saturated heterocycles. The SMILES string of the molecule is COC(=O)c1ccc2c(c1)CC[C@@H]1[C@@H]2CC[C@]2(C)[C@@H](C(=O)N(C(=O)NC3CCCCC3)C3CCCCC3)CC[C@@H]12. The Morgan fingerprint density at radius 3 is 2.35 bits per heavy atom. The van der Waals surface area contributed by atoms with Gasteiger partial charge in [0.1, 0.15) is 0 Å². The molecule has 6 nitrogen and oxygen atoms in total. The summed E-state index contributed by atoms with van der Waals surface area (Å²) in [7, 11) is 1.44. The summed E-state index contributed by atoms with van der Waals surface area (Å²) in [5.41, 5.74) is 3.28. The average molecular weight is 549 g/mol. The van der Waals surface area contributed by atoms with Crippen molar-refractivity contribution >= 4 is 17.9 Å². The quantitative estimate of drug-likeness (QED) is 0.406. The van der Waals surface area contributed by atoms with E-state index in [9.17, 15) is 14.4 Å². The molecule has 6 rings (SSSR count). The average Bonchev–Trinajstić information content (AvgIpc) is 3.34. The van der Waals surface area contributed by atoms with E-state index in [0.717, 1.165) is 77.0 Å². The van der Waals surface area contributed by atoms with Gasteiger partial charge in [0.05, 0.1) is 12.7 Å². The zero-order valence-corrected chi connectivity index (χ0v) is 24.6. The Hall–Kier alpha value is -2.37. The maximum Gasteiger partial charge on any atom is 0.337 e. The largest absolute Gasteiger partial charge is 0.465 e. The van der Waals surface area contributed by atoms with Gasteiger partial charge in [-0.15, -0.1) is 0 Å². The van der Waals surface area contributed by atoms with E-state index in [0.29, 0.717) is 23.3 Å². The third-order valence-corrected chi connectivity index (χ3v) is 11.8. The molecule has 5 aliphatic rings. The molecule has 5 atom stereocenters. The number of ether oxygens (including phenoxy) is 1. The molecule has 0 spiro atoms. The molecule has 218 valence electrons. The number of imide groups is 1. The molecule has 4 saturated carbocycles. The Morgan fingerprint density at radius 2 is 1.62 bits per heavy atom. The van der Waals surface area contributed by atoms with Crippen LogP contribution in [-0.2, 0) is 16.0 Å². The van der Waals surface area contributed by atoms with E-state index < -0.39 is 0 Å². The Balaban J connectivity index is 1.22. The summed E-state index contributed by atoms with van der Waals surface area (Å²) in [5.74, 6) is 1.33. The minimum Gasteiger partial charge on any atom is -0.465 e. The molecule has 0 aromatic heterocycles. The molecule has 0 aliphatic heterocycles. The third kappa shape index (κ3) is 4.98. The molecular formula is C34H48N2O4. The van der Waals surface area contributed by atoms with Crippen LogP contribution in [0.1, 0.15) is 131 Å². The monoisotopic (exact) mass is 548 g/mol. The standard InChI is InChI=1S/C34H48N2O4/c1-34-20-19-27-26-15-14-23(32(38)40-2)21-22(26)13-16-28(27)29(34)17-18-30(34)31(37)36(25-11-7-4-8-12-25)33(39)35-24-9-5-3-6-10-24/h14-15,21,24-25,27-30H,3-13,16-20H2,1-2H3,(H,35,39)/t27-,28-,29+,30-,34+/m1/s1. The van der Waals surface area contributed by atoms with Crippen molar-refractivity contribution in [2.45, 2.75) is 128 Å². The maximum absolute atomic E-state index is 14.5. The molecular weight excluding hydrogens is 500 g/mol. The molecule has 1 aromatic rings. The zero-order valence-electron chi connectivity index (χ0n) is 24.6. The summed E-state index contributed by atoms with van der Waals surface area (Å²) in [4.78, 5) is 42.1. The van der Waals surface area contributed by atoms with Gasteiger partial charge in [0, 0.05) is 18.0 Å². The maximum atomic E-state index is 14.5. The van der Waals surface area contributed by atoms with Crippen LogP contribution in [-0.4, -0.2) is 42.0 Å². The highest BCUT2D eigenvalue weighted by Crippen LogP contribution is 2.63. The Kier molecular flexibility index (Phi) is 7.98. The summed E-state index contributed by atoms with van der Waals surface area (Å²) in [6.45, 7) is 2.37. The van der Waals surface area contributed by atoms with Crippen LogP contribution in [0.5, 0.6) is 0 Å². The number of fused-ring (bicyclic) bond motifs is 5. The number of carbonyl (C=O) groups is 3. The van der Waals surface area contributed by atoms with Crippen LogP contribution in [0, 0.1) is 23.2 Å². The number of carbonyl (C=O) groups excluding carboxylic acids is 3. The van der Waals surface area contributed by atoms with Crippen LogP contribution in [0.2, 0.25) is 0 Å². The van der Waals surface area contributed by atoms with Gasteiger partial charge in [-0.05, 0) is 111 Å². The molecule has 4 fully saturated rings. The molecule has 3 amide bonds. The van der Waals surface area contributed by atoms with Crippen LogP contribution in [0.25, 0.3) is 0 Å². The van der Waals surface area contributed by atoms with Crippen LogP contribution in [0.4, 0.5) is 4.79 Å². The topological polar surface area (TPSA) is 75.7 Å². The minimum atomic E-state index is -0.270. The molecule has 0 radical (unpaired) electrons. The smallest absolute Gasteiger partial charge is 0.337 e. The van der Waals surface area contributed by atoms with Crippen molar-refractivity contribution in [3.05, 3.63) is 34.9 Å². The van der Waals surface area contributed by atoms with Crippen molar-refractivity contribution in [2.24, 2.45) is 23.2 Å². The summed E-state index contributed by atoms with van der Waals surface area (Å²) in [6, 6.07) is 6.28. The molecule has 1 aromatic carbocycles. The van der Waals surface area contributed by atoms with E-state index in [4.69, 9.17) is 4.74 Å². The summed E-state index contributed by atoms with van der Waals surface area (Å²) in [5, 5.41) is 3.31. The molecule has 1 N–H and O–H groups in total. The molecule has 0 unspecified atom stereocenters. The first kappa shape index (κ1) is 27.8. The van der Waals surface area contributed by atoms with Crippen molar-refractivity contribution in [2.75, 3.05) is 7.11 Å². The second kappa shape index (κ2) is 11.5. The van der Waals surface area contributed by atoms with E-state index in [-0.39, 0.29) is 41.3 Å². The Labute approximate surface area is 240 Å². The highest BCUT2D eigenvalue weighted by atomic mass is 16.5. The van der Waals surface area contributed by atoms with Crippen molar-refractivity contribution in [1.29, 1.82) is 0 Å². The van der Waals surface area contributed by atoms with Gasteiger partial charge in [-0.1, -0.05) is 51.5 Å². The predicted octanol–water partition coefficient (Wildman–Crippen LogP) is 7.15. The normalized spacial score (nSPS) is 32.4. The number of urea groups is 1. The van der Waals surface area contributed by atoms with Crippen LogP contribution >= 0.6 is 0 Å². The number of methoxy groups -OCH3 is 1. The van der Waals surface area contributed by atoms with Gasteiger partial charge in [-0.2, -0.15) is 0 Å². The number of nitrogens with one attached hydrogen (secondary N) is 1. The molecule has 0 bridgehead atoms. The number of hydrogen-bond acceptors (Lipinski definition) is 4. The van der Waals surface area contributed by atoms with Gasteiger partial charge >= 0.3 is 12.0 Å². The number of esters is 1. The Bertz CT molecular complexity index is 1120. The molecule has 40 heavy (non-hydrogen) atoms. The minimum absolute atomic E-state index is 0.0504. The number of hydrogen-bond donors (Lipinski definition) is 1. The highest BCUT2D eigenvalue weighted by molar-refractivity contribution is 5.96. The van der Waals surface area contributed by atoms with Gasteiger partial charge in [0.2, 0.25) is 5.91 Å². The van der Waals surface area contributed by atoms with Crippen molar-refractivity contribution in [3.63, 3.8) is 0 Å². The summed E-state index contributed by atoms with van der Waals surface area (Å²) in [6.07, 6.45) is 17.1. The van der Waals surface area contributed by atoms with E-state index in [1.807, 2.05) is 12.1 Å². The second-order valence-electron chi connectivity index (χ2n) is 13.8. The molecule has 0 heterocycles. The zero-order chi connectivity index (χ0) is 27.9. The van der Waals surface area contributed by atoms with E-state index >= 15 is 0 Å². The lowest BCUT2D eigenvalue weighted by atomic mass is 9.54. The fraction of sp³-hybridized carbons (Fsp3) is 0.735. The first-order valence-electron chi connectivity index (χ1n) is 16.3. The molecule has 5 aliphatic carbocycles. The van der Waals surface area contributed by atoms with Gasteiger partial charge in [0.25, 0.3) is 0 Å². The van der Waals surface area contributed by atoms with Gasteiger partial charge in [0.15, 0.2) is 0 Å². The van der Waals surface area contributed by atoms with Gasteiger partial charge in [-0.3, -0.25) is 9.69 Å². The van der Waals surface area contributed by atoms with Crippen LogP contribution in [0.15, 0.2) is 18.2 Å². The fourth-order valence-corrected chi connectivity index (χ4v) is 9.68. The second-order valence-corrected chi connectivity index (χ2v) is 13.8. The van der Waals surface area contributed by atoms with Crippen molar-refractivity contribution in [3.8, 4) is 0 Å². The summed E-state index contributed by atoms with van der Waals surface area (Å²) >= 11 is 0. The fourth-order valence-electron chi connectivity index (χ4n) is 9.68. The van der Waals surface area contributed by atoms with Crippen molar-refractivity contribution in [1.82, 2.24) is 10.2 Å². The van der Waals surface area contributed by atoms with Gasteiger partial charge in [-0.25, -0.2) is 9.59 Å². The van der Waals surface area contributed by atoms with Crippen molar-refractivity contribution < 1.29 is 19.1 Å². The first-order chi connectivity index (χ1) is 19.4. The lowest BCUT2D eigenvalue weighted by molar-refractivity contribution is -0.140. The van der Waals surface area contributed by atoms with Gasteiger partial charge < -0.3 is 10.1 Å². The lowest BCUT2D eigenvalue weighted by Crippen LogP contribution is -2.56. The van der Waals surface area contributed by atoms with Crippen LogP contribution in [0.3, 0.4) is 0 Å². The van der Waals surface area contributed by atoms with E-state index in [1.54, 1.807) is 4.90 Å². The Morgan fingerprint density at radius 1 is 0.900 bits per heavy atom. The highest BCUT2D eigenvalue weighted by Gasteiger charge is 2.58. The molecule has 6 heteroatoms. The number of rotatable bonds is 4. The first-order valence-corrected chi connectivity index (χ1v) is 16.3. The number of amides is 3. The van der Waals surface area contributed by atoms with E-state index in [2.05, 4.69) is 18.3 Å². The van der Waals surface area contributed by atoms with Crippen LogP contribution < -0.4 is 5.32 Å². The van der Waals surface area contributed by atoms with E-state index in [1.165, 1.54) is 43.9 Å². The predicted molar refractivity (Wildman–Crippen MR) is 155 cm³/mol. The summed E-state index contributed by atoms with van der Waals surface area (Å²) < 4.78 is 4.96. The third-order valence-electron chi connectivity index (χ3n) is 11.8. The lowest BCUT2D eigenvalue weighted by Gasteiger charge is -2.51. The number of benzene rings is 1.